The Bertz CT molecular complexity index is 203. The zero-order chi connectivity index (χ0) is 6.97. The van der Waals surface area contributed by atoms with Crippen molar-refractivity contribution >= 4 is 0 Å². The van der Waals surface area contributed by atoms with E-state index in [9.17, 15) is 0 Å². The summed E-state index contributed by atoms with van der Waals surface area (Å²) in [6, 6.07) is 0.387. The Balaban J connectivity index is 2.04. The van der Waals surface area contributed by atoms with Gasteiger partial charge in [-0.05, 0) is 12.8 Å². The maximum Gasteiger partial charge on any atom is 0.0693 e. The molecule has 54 valence electrons. The van der Waals surface area contributed by atoms with E-state index < -0.39 is 0 Å². The second kappa shape index (κ2) is 2.05. The predicted octanol–water partition coefficient (Wildman–Crippen LogP) is -0.0261. The fourth-order valence-electron chi connectivity index (χ4n) is 1.19. The lowest BCUT2D eigenvalue weighted by molar-refractivity contribution is 0.0426. The first-order valence-electron chi connectivity index (χ1n) is 3.40. The molecule has 1 aromatic rings. The van der Waals surface area contributed by atoms with Crippen LogP contribution in [0.3, 0.4) is 0 Å². The standard InChI is InChI=1S/C6H9N3O/c10-6-3-5(4-6)9-2-1-7-8-9/h1-2,5-6,10H,3-4H2. The van der Waals surface area contributed by atoms with E-state index in [-0.39, 0.29) is 6.10 Å². The molecule has 2 rings (SSSR count). The van der Waals surface area contributed by atoms with Crippen LogP contribution in [0.1, 0.15) is 18.9 Å². The quantitative estimate of drug-likeness (QED) is 0.594. The highest BCUT2D eigenvalue weighted by Gasteiger charge is 2.28. The Hall–Kier alpha value is -0.900. The van der Waals surface area contributed by atoms with Gasteiger partial charge in [-0.15, -0.1) is 5.10 Å². The normalized spacial score (nSPS) is 31.7. The summed E-state index contributed by atoms with van der Waals surface area (Å²) >= 11 is 0. The summed E-state index contributed by atoms with van der Waals surface area (Å²) in [4.78, 5) is 0. The fraction of sp³-hybridized carbons (Fsp3) is 0.667. The largest absolute Gasteiger partial charge is 0.393 e. The van der Waals surface area contributed by atoms with Crippen LogP contribution in [0.5, 0.6) is 0 Å². The topological polar surface area (TPSA) is 50.9 Å². The van der Waals surface area contributed by atoms with Crippen LogP contribution in [0.15, 0.2) is 12.4 Å². The zero-order valence-electron chi connectivity index (χ0n) is 5.51. The van der Waals surface area contributed by atoms with Gasteiger partial charge in [0.05, 0.1) is 18.3 Å². The summed E-state index contributed by atoms with van der Waals surface area (Å²) < 4.78 is 1.80. The molecular formula is C6H9N3O. The van der Waals surface area contributed by atoms with Crippen molar-refractivity contribution in [3.63, 3.8) is 0 Å². The van der Waals surface area contributed by atoms with E-state index in [4.69, 9.17) is 5.11 Å². The second-order valence-corrected chi connectivity index (χ2v) is 2.66. The highest BCUT2D eigenvalue weighted by atomic mass is 16.3. The SMILES string of the molecule is OC1CC(n2ccnn2)C1. The zero-order valence-corrected chi connectivity index (χ0v) is 5.51. The van der Waals surface area contributed by atoms with Gasteiger partial charge in [-0.1, -0.05) is 5.21 Å². The highest BCUT2D eigenvalue weighted by Crippen LogP contribution is 2.30. The molecule has 0 radical (unpaired) electrons. The van der Waals surface area contributed by atoms with Crippen LogP contribution in [0, 0.1) is 0 Å². The van der Waals surface area contributed by atoms with Gasteiger partial charge in [0.1, 0.15) is 0 Å². The van der Waals surface area contributed by atoms with Crippen LogP contribution in [0.4, 0.5) is 0 Å². The second-order valence-electron chi connectivity index (χ2n) is 2.66. The number of rotatable bonds is 1. The molecule has 1 saturated carbocycles. The summed E-state index contributed by atoms with van der Waals surface area (Å²) in [5.74, 6) is 0. The molecule has 1 heterocycles. The van der Waals surface area contributed by atoms with Crippen molar-refractivity contribution in [1.29, 1.82) is 0 Å². The molecule has 4 heteroatoms. The van der Waals surface area contributed by atoms with Gasteiger partial charge in [0.2, 0.25) is 0 Å². The molecule has 1 N–H and O–H groups in total. The molecule has 4 nitrogen and oxygen atoms in total. The maximum absolute atomic E-state index is 8.96. The van der Waals surface area contributed by atoms with Gasteiger partial charge in [0, 0.05) is 6.20 Å². The van der Waals surface area contributed by atoms with Gasteiger partial charge in [0.15, 0.2) is 0 Å². The summed E-state index contributed by atoms with van der Waals surface area (Å²) in [7, 11) is 0. The van der Waals surface area contributed by atoms with Gasteiger partial charge in [-0.3, -0.25) is 0 Å². The van der Waals surface area contributed by atoms with Gasteiger partial charge in [-0.2, -0.15) is 0 Å². The van der Waals surface area contributed by atoms with Crippen LogP contribution in [0.2, 0.25) is 0 Å². The van der Waals surface area contributed by atoms with Crippen molar-refractivity contribution in [2.24, 2.45) is 0 Å². The Labute approximate surface area is 58.5 Å². The number of hydrogen-bond acceptors (Lipinski definition) is 3. The van der Waals surface area contributed by atoms with E-state index in [0.717, 1.165) is 12.8 Å². The number of aliphatic hydroxyl groups is 1. The number of aliphatic hydroxyl groups excluding tert-OH is 1. The molecule has 0 aliphatic heterocycles. The average Bonchev–Trinajstić information content (AvgIpc) is 2.31. The molecule has 0 aromatic carbocycles. The Morgan fingerprint density at radius 2 is 2.30 bits per heavy atom. The molecule has 0 bridgehead atoms. The smallest absolute Gasteiger partial charge is 0.0693 e. The molecule has 1 aliphatic rings. The number of hydrogen-bond donors (Lipinski definition) is 1. The molecule has 0 unspecified atom stereocenters. The molecule has 1 fully saturated rings. The Kier molecular flexibility index (Phi) is 1.20. The van der Waals surface area contributed by atoms with E-state index in [1.165, 1.54) is 0 Å². The number of nitrogens with zero attached hydrogens (tertiary/aromatic N) is 3. The van der Waals surface area contributed by atoms with Crippen LogP contribution >= 0.6 is 0 Å². The van der Waals surface area contributed by atoms with Crippen LogP contribution < -0.4 is 0 Å². The minimum Gasteiger partial charge on any atom is -0.393 e. The average molecular weight is 139 g/mol. The monoisotopic (exact) mass is 139 g/mol. The molecule has 0 saturated heterocycles. The van der Waals surface area contributed by atoms with Crippen molar-refractivity contribution in [2.45, 2.75) is 25.0 Å². The summed E-state index contributed by atoms with van der Waals surface area (Å²) in [5.41, 5.74) is 0. The molecular weight excluding hydrogens is 130 g/mol. The van der Waals surface area contributed by atoms with Crippen molar-refractivity contribution in [2.75, 3.05) is 0 Å². The third-order valence-electron chi connectivity index (χ3n) is 1.90. The van der Waals surface area contributed by atoms with E-state index >= 15 is 0 Å². The first kappa shape index (κ1) is 5.85. The summed E-state index contributed by atoms with van der Waals surface area (Å²) in [5, 5.41) is 16.5. The first-order valence-corrected chi connectivity index (χ1v) is 3.40. The molecule has 0 amide bonds. The molecule has 1 aromatic heterocycles. The maximum atomic E-state index is 8.96. The number of aromatic nitrogens is 3. The van der Waals surface area contributed by atoms with Gasteiger partial charge in [0.25, 0.3) is 0 Å². The Morgan fingerprint density at radius 1 is 1.50 bits per heavy atom. The summed E-state index contributed by atoms with van der Waals surface area (Å²) in [6.45, 7) is 0. The van der Waals surface area contributed by atoms with Gasteiger partial charge < -0.3 is 5.11 Å². The molecule has 1 aliphatic carbocycles. The third-order valence-corrected chi connectivity index (χ3v) is 1.90. The van der Waals surface area contributed by atoms with E-state index in [0.29, 0.717) is 6.04 Å². The van der Waals surface area contributed by atoms with Gasteiger partial charge in [-0.25, -0.2) is 4.68 Å². The van der Waals surface area contributed by atoms with Crippen LogP contribution in [-0.2, 0) is 0 Å². The van der Waals surface area contributed by atoms with Crippen molar-refractivity contribution in [1.82, 2.24) is 15.0 Å². The van der Waals surface area contributed by atoms with Crippen LogP contribution in [-0.4, -0.2) is 26.2 Å². The lowest BCUT2D eigenvalue weighted by Crippen LogP contribution is -2.31. The predicted molar refractivity (Wildman–Crippen MR) is 34.3 cm³/mol. The highest BCUT2D eigenvalue weighted by molar-refractivity contribution is 4.84. The molecule has 0 spiro atoms. The molecule has 0 atom stereocenters. The van der Waals surface area contributed by atoms with Crippen molar-refractivity contribution < 1.29 is 5.11 Å². The molecule has 10 heavy (non-hydrogen) atoms. The lowest BCUT2D eigenvalue weighted by atomic mass is 9.90. The van der Waals surface area contributed by atoms with Crippen LogP contribution in [0.25, 0.3) is 0 Å². The minimum absolute atomic E-state index is 0.116. The minimum atomic E-state index is -0.116. The van der Waals surface area contributed by atoms with Gasteiger partial charge >= 0.3 is 0 Å². The van der Waals surface area contributed by atoms with E-state index in [1.54, 1.807) is 10.9 Å². The van der Waals surface area contributed by atoms with E-state index in [2.05, 4.69) is 10.3 Å². The van der Waals surface area contributed by atoms with Crippen molar-refractivity contribution in [3.8, 4) is 0 Å². The third kappa shape index (κ3) is 0.806. The lowest BCUT2D eigenvalue weighted by Gasteiger charge is -2.30. The fourth-order valence-corrected chi connectivity index (χ4v) is 1.19. The van der Waals surface area contributed by atoms with Crippen molar-refractivity contribution in [3.05, 3.63) is 12.4 Å². The Morgan fingerprint density at radius 3 is 2.80 bits per heavy atom. The van der Waals surface area contributed by atoms with E-state index in [1.807, 2.05) is 6.20 Å². The summed E-state index contributed by atoms with van der Waals surface area (Å²) in [6.07, 6.45) is 5.02. The first-order chi connectivity index (χ1) is 4.86.